The largest absolute Gasteiger partial charge is 0.378 e. The highest BCUT2D eigenvalue weighted by atomic mass is 35.5. The summed E-state index contributed by atoms with van der Waals surface area (Å²) in [6.07, 6.45) is 0.252. The lowest BCUT2D eigenvalue weighted by atomic mass is 10.2. The monoisotopic (exact) mass is 229 g/mol. The van der Waals surface area contributed by atoms with Crippen molar-refractivity contribution in [1.29, 1.82) is 0 Å². The number of anilines is 2. The van der Waals surface area contributed by atoms with Crippen LogP contribution in [-0.4, -0.2) is 41.3 Å². The highest BCUT2D eigenvalue weighted by Crippen LogP contribution is 2.18. The first kappa shape index (κ1) is 10.4. The maximum atomic E-state index is 5.64. The summed E-state index contributed by atoms with van der Waals surface area (Å²) < 4.78 is 5.15. The number of nitrogens with two attached hydrogens (primary N) is 1. The Morgan fingerprint density at radius 2 is 2.20 bits per heavy atom. The fourth-order valence-corrected chi connectivity index (χ4v) is 1.50. The van der Waals surface area contributed by atoms with Crippen molar-refractivity contribution in [2.24, 2.45) is 0 Å². The Bertz CT molecular complexity index is 355. The molecule has 82 valence electrons. The number of ether oxygens (including phenoxy) is 1. The molecule has 0 aliphatic carbocycles. The fraction of sp³-hybridized carbons (Fsp3) is 0.625. The van der Waals surface area contributed by atoms with Crippen LogP contribution < -0.4 is 10.6 Å². The predicted octanol–water partition coefficient (Wildman–Crippen LogP) is 0.0276. The Hall–Kier alpha value is -1.14. The average molecular weight is 230 g/mol. The van der Waals surface area contributed by atoms with Gasteiger partial charge in [-0.3, -0.25) is 0 Å². The first-order valence-corrected chi connectivity index (χ1v) is 5.10. The van der Waals surface area contributed by atoms with Gasteiger partial charge >= 0.3 is 0 Å². The van der Waals surface area contributed by atoms with E-state index in [2.05, 4.69) is 15.0 Å². The summed E-state index contributed by atoms with van der Waals surface area (Å²) >= 11 is 5.64. The number of rotatable bonds is 3. The van der Waals surface area contributed by atoms with Gasteiger partial charge in [0.05, 0.1) is 12.0 Å². The molecular weight excluding hydrogens is 218 g/mol. The second kappa shape index (κ2) is 4.16. The van der Waals surface area contributed by atoms with E-state index in [4.69, 9.17) is 22.1 Å². The molecule has 0 bridgehead atoms. The highest BCUT2D eigenvalue weighted by molar-refractivity contribution is 6.16. The minimum atomic E-state index is 0.205. The zero-order chi connectivity index (χ0) is 10.8. The van der Waals surface area contributed by atoms with E-state index in [1.807, 2.05) is 4.90 Å². The van der Waals surface area contributed by atoms with Gasteiger partial charge in [0.2, 0.25) is 11.9 Å². The van der Waals surface area contributed by atoms with Crippen molar-refractivity contribution >= 4 is 23.5 Å². The molecule has 0 atom stereocenters. The second-order valence-corrected chi connectivity index (χ2v) is 3.57. The summed E-state index contributed by atoms with van der Waals surface area (Å²) in [6.45, 7) is 1.56. The van der Waals surface area contributed by atoms with Crippen molar-refractivity contribution in [2.75, 3.05) is 30.8 Å². The van der Waals surface area contributed by atoms with Gasteiger partial charge in [0.1, 0.15) is 0 Å². The van der Waals surface area contributed by atoms with Gasteiger partial charge in [-0.2, -0.15) is 15.0 Å². The van der Waals surface area contributed by atoms with E-state index in [-0.39, 0.29) is 17.9 Å². The molecule has 1 fully saturated rings. The number of alkyl halides is 1. The van der Waals surface area contributed by atoms with E-state index in [9.17, 15) is 0 Å². The van der Waals surface area contributed by atoms with Gasteiger partial charge < -0.3 is 15.4 Å². The molecule has 0 radical (unpaired) electrons. The van der Waals surface area contributed by atoms with Gasteiger partial charge in [-0.15, -0.1) is 11.6 Å². The summed E-state index contributed by atoms with van der Waals surface area (Å²) in [5.74, 6) is 1.52. The molecule has 15 heavy (non-hydrogen) atoms. The molecule has 0 unspecified atom stereocenters. The molecule has 2 heterocycles. The molecule has 0 aromatic carbocycles. The number of aromatic nitrogens is 3. The smallest absolute Gasteiger partial charge is 0.230 e. The van der Waals surface area contributed by atoms with E-state index < -0.39 is 0 Å². The van der Waals surface area contributed by atoms with Crippen LogP contribution >= 0.6 is 11.6 Å². The zero-order valence-corrected chi connectivity index (χ0v) is 9.11. The Balaban J connectivity index is 2.12. The first-order chi connectivity index (χ1) is 7.22. The van der Waals surface area contributed by atoms with E-state index in [1.54, 1.807) is 7.11 Å². The average Bonchev–Trinajstić information content (AvgIpc) is 2.15. The number of methoxy groups -OCH3 is 1. The molecule has 0 saturated carbocycles. The molecule has 1 aromatic heterocycles. The maximum Gasteiger partial charge on any atom is 0.230 e. The number of hydrogen-bond donors (Lipinski definition) is 1. The highest BCUT2D eigenvalue weighted by Gasteiger charge is 2.28. The lowest BCUT2D eigenvalue weighted by Crippen LogP contribution is -2.52. The quantitative estimate of drug-likeness (QED) is 0.737. The lowest BCUT2D eigenvalue weighted by molar-refractivity contribution is 0.0778. The molecule has 2 rings (SSSR count). The molecule has 1 aliphatic heterocycles. The Morgan fingerprint density at radius 1 is 1.47 bits per heavy atom. The van der Waals surface area contributed by atoms with Gasteiger partial charge in [0.15, 0.2) is 5.82 Å². The van der Waals surface area contributed by atoms with Crippen molar-refractivity contribution in [2.45, 2.75) is 12.0 Å². The van der Waals surface area contributed by atoms with Gasteiger partial charge in [-0.05, 0) is 0 Å². The van der Waals surface area contributed by atoms with Gasteiger partial charge in [-0.25, -0.2) is 0 Å². The minimum Gasteiger partial charge on any atom is -0.378 e. The van der Waals surface area contributed by atoms with Crippen LogP contribution in [0.15, 0.2) is 0 Å². The zero-order valence-electron chi connectivity index (χ0n) is 8.35. The third kappa shape index (κ3) is 2.10. The van der Waals surface area contributed by atoms with Crippen molar-refractivity contribution in [3.8, 4) is 0 Å². The van der Waals surface area contributed by atoms with Crippen LogP contribution in [0.25, 0.3) is 0 Å². The SMILES string of the molecule is COC1CN(c2nc(N)nc(CCl)n2)C1. The van der Waals surface area contributed by atoms with E-state index >= 15 is 0 Å². The third-order valence-electron chi connectivity index (χ3n) is 2.27. The van der Waals surface area contributed by atoms with Crippen LogP contribution in [0.4, 0.5) is 11.9 Å². The standard InChI is InChI=1S/C8H12ClN5O/c1-15-5-3-14(4-5)8-12-6(2-9)11-7(10)13-8/h5H,2-4H2,1H3,(H2,10,11,12,13). The van der Waals surface area contributed by atoms with Gasteiger partial charge in [0, 0.05) is 20.2 Å². The van der Waals surface area contributed by atoms with Crippen LogP contribution in [0.1, 0.15) is 5.82 Å². The summed E-state index contributed by atoms with van der Waals surface area (Å²) in [4.78, 5) is 14.1. The van der Waals surface area contributed by atoms with Crippen LogP contribution in [0.5, 0.6) is 0 Å². The number of hydrogen-bond acceptors (Lipinski definition) is 6. The van der Waals surface area contributed by atoms with Crippen LogP contribution in [0.2, 0.25) is 0 Å². The fourth-order valence-electron chi connectivity index (χ4n) is 1.38. The van der Waals surface area contributed by atoms with E-state index in [1.165, 1.54) is 0 Å². The van der Waals surface area contributed by atoms with E-state index in [0.29, 0.717) is 11.8 Å². The van der Waals surface area contributed by atoms with E-state index in [0.717, 1.165) is 13.1 Å². The van der Waals surface area contributed by atoms with Crippen molar-refractivity contribution in [3.63, 3.8) is 0 Å². The molecule has 6 nitrogen and oxygen atoms in total. The molecule has 1 aromatic rings. The number of nitrogen functional groups attached to an aromatic ring is 1. The lowest BCUT2D eigenvalue weighted by Gasteiger charge is -2.37. The Kier molecular flexibility index (Phi) is 2.88. The first-order valence-electron chi connectivity index (χ1n) is 4.57. The van der Waals surface area contributed by atoms with Crippen LogP contribution in [-0.2, 0) is 10.6 Å². The maximum absolute atomic E-state index is 5.64. The predicted molar refractivity (Wildman–Crippen MR) is 56.8 cm³/mol. The molecule has 0 amide bonds. The molecule has 2 N–H and O–H groups in total. The summed E-state index contributed by atoms with van der Waals surface area (Å²) in [5, 5.41) is 0. The van der Waals surface area contributed by atoms with Gasteiger partial charge in [0.25, 0.3) is 0 Å². The molecule has 1 aliphatic rings. The van der Waals surface area contributed by atoms with Crippen molar-refractivity contribution in [3.05, 3.63) is 5.82 Å². The van der Waals surface area contributed by atoms with Crippen LogP contribution in [0.3, 0.4) is 0 Å². The molecular formula is C8H12ClN5O. The Labute approximate surface area is 92.4 Å². The summed E-state index contributed by atoms with van der Waals surface area (Å²) in [7, 11) is 1.69. The number of nitrogens with zero attached hydrogens (tertiary/aromatic N) is 4. The number of halogens is 1. The third-order valence-corrected chi connectivity index (χ3v) is 2.51. The van der Waals surface area contributed by atoms with Crippen molar-refractivity contribution < 1.29 is 4.74 Å². The second-order valence-electron chi connectivity index (χ2n) is 3.31. The normalized spacial score (nSPS) is 16.5. The topological polar surface area (TPSA) is 77.2 Å². The summed E-state index contributed by atoms with van der Waals surface area (Å²) in [5.41, 5.74) is 5.54. The Morgan fingerprint density at radius 3 is 2.80 bits per heavy atom. The summed E-state index contributed by atoms with van der Waals surface area (Å²) in [6, 6.07) is 0. The van der Waals surface area contributed by atoms with Crippen LogP contribution in [0, 0.1) is 0 Å². The van der Waals surface area contributed by atoms with Gasteiger partial charge in [-0.1, -0.05) is 0 Å². The molecule has 0 spiro atoms. The minimum absolute atomic E-state index is 0.205. The molecule has 1 saturated heterocycles. The molecule has 7 heteroatoms. The van der Waals surface area contributed by atoms with Crippen molar-refractivity contribution in [1.82, 2.24) is 15.0 Å².